The largest absolute Gasteiger partial charge is 0.351 e. The van der Waals surface area contributed by atoms with Crippen LogP contribution in [0.15, 0.2) is 0 Å². The lowest BCUT2D eigenvalue weighted by atomic mass is 9.57. The molecule has 1 amide bonds. The summed E-state index contributed by atoms with van der Waals surface area (Å²) in [7, 11) is 0. The molecule has 1 aliphatic carbocycles. The third kappa shape index (κ3) is 3.02. The van der Waals surface area contributed by atoms with Gasteiger partial charge in [0.05, 0.1) is 0 Å². The van der Waals surface area contributed by atoms with Crippen molar-refractivity contribution in [2.24, 2.45) is 10.8 Å². The highest BCUT2D eigenvalue weighted by Crippen LogP contribution is 2.52. The maximum Gasteiger partial charge on any atom is 0.220 e. The van der Waals surface area contributed by atoms with Gasteiger partial charge < -0.3 is 5.32 Å². The molecule has 0 radical (unpaired) electrons. The molecule has 0 aromatic carbocycles. The highest BCUT2D eigenvalue weighted by Gasteiger charge is 2.48. The fourth-order valence-electron chi connectivity index (χ4n) is 4.75. The summed E-state index contributed by atoms with van der Waals surface area (Å²) in [4.78, 5) is 11.9. The van der Waals surface area contributed by atoms with Gasteiger partial charge in [0.15, 0.2) is 0 Å². The number of amides is 1. The summed E-state index contributed by atoms with van der Waals surface area (Å²) in [5.74, 6) is 0.274. The van der Waals surface area contributed by atoms with E-state index in [0.717, 1.165) is 25.7 Å². The summed E-state index contributed by atoms with van der Waals surface area (Å²) < 4.78 is 0. The number of carbonyl (C=O) groups is 1. The van der Waals surface area contributed by atoms with Crippen molar-refractivity contribution in [3.63, 3.8) is 0 Å². The predicted octanol–water partition coefficient (Wildman–Crippen LogP) is 3.65. The highest BCUT2D eigenvalue weighted by molar-refractivity contribution is 5.77. The van der Waals surface area contributed by atoms with Gasteiger partial charge in [-0.3, -0.25) is 4.79 Å². The molecule has 2 rings (SSSR count). The molecule has 1 saturated heterocycles. The summed E-state index contributed by atoms with van der Waals surface area (Å²) in [5.41, 5.74) is 0.775. The van der Waals surface area contributed by atoms with Gasteiger partial charge >= 0.3 is 0 Å². The van der Waals surface area contributed by atoms with Crippen molar-refractivity contribution in [3.8, 4) is 0 Å². The van der Waals surface area contributed by atoms with E-state index in [0.29, 0.717) is 10.8 Å². The van der Waals surface area contributed by atoms with Crippen LogP contribution in [0.5, 0.6) is 0 Å². The fourth-order valence-corrected chi connectivity index (χ4v) is 4.75. The van der Waals surface area contributed by atoms with Crippen LogP contribution in [0.25, 0.3) is 0 Å². The van der Waals surface area contributed by atoms with Crippen LogP contribution in [0.2, 0.25) is 0 Å². The Bertz CT molecular complexity index is 301. The smallest absolute Gasteiger partial charge is 0.220 e. The second-order valence-corrected chi connectivity index (χ2v) is 7.89. The minimum absolute atomic E-state index is 0.0822. The van der Waals surface area contributed by atoms with E-state index in [1.807, 2.05) is 0 Å². The maximum atomic E-state index is 11.9. The molecule has 1 N–H and O–H groups in total. The molecular formula is C15H27NO. The van der Waals surface area contributed by atoms with Crippen LogP contribution < -0.4 is 5.32 Å². The summed E-state index contributed by atoms with van der Waals surface area (Å²) in [6, 6.07) is 0. The lowest BCUT2D eigenvalue weighted by Gasteiger charge is -2.52. The van der Waals surface area contributed by atoms with E-state index in [1.54, 1.807) is 0 Å². The maximum absolute atomic E-state index is 11.9. The normalized spacial score (nSPS) is 30.7. The number of rotatable bonds is 0. The minimum Gasteiger partial charge on any atom is -0.351 e. The molecule has 0 atom stereocenters. The standard InChI is InChI=1S/C15H27NO/c1-13(2)9-14(3,4)11-15(10-13)8-6-5-7-12(17)16-15/h5-11H2,1-4H3,(H,16,17). The number of hydrogen-bond acceptors (Lipinski definition) is 1. The van der Waals surface area contributed by atoms with Crippen LogP contribution in [-0.2, 0) is 4.79 Å². The second kappa shape index (κ2) is 4.00. The summed E-state index contributed by atoms with van der Waals surface area (Å²) in [6.45, 7) is 9.42. The first-order valence-electron chi connectivity index (χ1n) is 7.03. The van der Waals surface area contributed by atoms with Crippen LogP contribution in [0.1, 0.15) is 72.6 Å². The molecule has 1 saturated carbocycles. The third-order valence-corrected chi connectivity index (χ3v) is 4.30. The predicted molar refractivity (Wildman–Crippen MR) is 70.8 cm³/mol. The van der Waals surface area contributed by atoms with Crippen molar-refractivity contribution >= 4 is 5.91 Å². The van der Waals surface area contributed by atoms with Gasteiger partial charge in [-0.25, -0.2) is 0 Å². The lowest BCUT2D eigenvalue weighted by molar-refractivity contribution is -0.124. The molecule has 2 nitrogen and oxygen atoms in total. The Balaban J connectivity index is 2.25. The molecule has 1 aliphatic heterocycles. The van der Waals surface area contributed by atoms with Crippen LogP contribution in [0.4, 0.5) is 0 Å². The van der Waals surface area contributed by atoms with Crippen LogP contribution in [0.3, 0.4) is 0 Å². The molecule has 2 heteroatoms. The third-order valence-electron chi connectivity index (χ3n) is 4.30. The topological polar surface area (TPSA) is 29.1 Å². The highest BCUT2D eigenvalue weighted by atomic mass is 16.1. The summed E-state index contributed by atoms with van der Waals surface area (Å²) in [6.07, 6.45) is 7.72. The van der Waals surface area contributed by atoms with Crippen LogP contribution >= 0.6 is 0 Å². The van der Waals surface area contributed by atoms with Crippen molar-refractivity contribution in [1.82, 2.24) is 5.32 Å². The molecule has 0 aromatic heterocycles. The van der Waals surface area contributed by atoms with Gasteiger partial charge in [0, 0.05) is 12.0 Å². The van der Waals surface area contributed by atoms with Crippen LogP contribution in [-0.4, -0.2) is 11.4 Å². The Labute approximate surface area is 106 Å². The van der Waals surface area contributed by atoms with E-state index in [9.17, 15) is 4.79 Å². The molecule has 0 unspecified atom stereocenters. The van der Waals surface area contributed by atoms with Crippen molar-refractivity contribution < 1.29 is 4.79 Å². The van der Waals surface area contributed by atoms with E-state index >= 15 is 0 Å². The van der Waals surface area contributed by atoms with Gasteiger partial charge in [-0.2, -0.15) is 0 Å². The van der Waals surface area contributed by atoms with E-state index in [1.165, 1.54) is 19.3 Å². The molecule has 2 fully saturated rings. The Morgan fingerprint density at radius 1 is 0.941 bits per heavy atom. The van der Waals surface area contributed by atoms with Gasteiger partial charge in [0.2, 0.25) is 5.91 Å². The average molecular weight is 237 g/mol. The van der Waals surface area contributed by atoms with Gasteiger partial charge in [0.25, 0.3) is 0 Å². The lowest BCUT2D eigenvalue weighted by Crippen LogP contribution is -2.56. The molecule has 1 spiro atoms. The molecule has 2 aliphatic rings. The van der Waals surface area contributed by atoms with Gasteiger partial charge in [-0.1, -0.05) is 34.1 Å². The van der Waals surface area contributed by atoms with Gasteiger partial charge in [0.1, 0.15) is 0 Å². The average Bonchev–Trinajstić information content (AvgIpc) is 2.20. The summed E-state index contributed by atoms with van der Waals surface area (Å²) >= 11 is 0. The van der Waals surface area contributed by atoms with E-state index < -0.39 is 0 Å². The second-order valence-electron chi connectivity index (χ2n) is 7.89. The Morgan fingerprint density at radius 3 is 2.12 bits per heavy atom. The van der Waals surface area contributed by atoms with Crippen LogP contribution in [0, 0.1) is 10.8 Å². The molecule has 0 aromatic rings. The van der Waals surface area contributed by atoms with Crippen molar-refractivity contribution in [1.29, 1.82) is 0 Å². The van der Waals surface area contributed by atoms with Gasteiger partial charge in [-0.15, -0.1) is 0 Å². The molecule has 98 valence electrons. The Kier molecular flexibility index (Phi) is 3.04. The number of hydrogen-bond donors (Lipinski definition) is 1. The SMILES string of the molecule is CC1(C)CC(C)(C)CC2(CCCCC(=O)N2)C1. The monoisotopic (exact) mass is 237 g/mol. The first-order valence-corrected chi connectivity index (χ1v) is 7.03. The fraction of sp³-hybridized carbons (Fsp3) is 0.933. The first kappa shape index (κ1) is 12.9. The number of nitrogens with one attached hydrogen (secondary N) is 1. The van der Waals surface area contributed by atoms with E-state index in [4.69, 9.17) is 0 Å². The zero-order chi connectivity index (χ0) is 12.7. The Morgan fingerprint density at radius 2 is 1.53 bits per heavy atom. The zero-order valence-electron chi connectivity index (χ0n) is 11.9. The molecular weight excluding hydrogens is 210 g/mol. The minimum atomic E-state index is 0.0822. The molecule has 0 bridgehead atoms. The van der Waals surface area contributed by atoms with Crippen molar-refractivity contribution in [3.05, 3.63) is 0 Å². The molecule has 1 heterocycles. The van der Waals surface area contributed by atoms with E-state index in [2.05, 4.69) is 33.0 Å². The Hall–Kier alpha value is -0.530. The van der Waals surface area contributed by atoms with E-state index in [-0.39, 0.29) is 11.4 Å². The zero-order valence-corrected chi connectivity index (χ0v) is 11.9. The quantitative estimate of drug-likeness (QED) is 0.684. The number of carbonyl (C=O) groups excluding carboxylic acids is 1. The van der Waals surface area contributed by atoms with Crippen molar-refractivity contribution in [2.45, 2.75) is 78.2 Å². The van der Waals surface area contributed by atoms with Crippen molar-refractivity contribution in [2.75, 3.05) is 0 Å². The van der Waals surface area contributed by atoms with Gasteiger partial charge in [-0.05, 0) is 42.9 Å². The molecule has 17 heavy (non-hydrogen) atoms. The first-order chi connectivity index (χ1) is 7.72. The summed E-state index contributed by atoms with van der Waals surface area (Å²) in [5, 5.41) is 3.37.